The molecule has 0 amide bonds. The third-order valence-electron chi connectivity index (χ3n) is 1.72. The third-order valence-corrected chi connectivity index (χ3v) is 1.72. The lowest BCUT2D eigenvalue weighted by Crippen LogP contribution is -2.02. The van der Waals surface area contributed by atoms with Gasteiger partial charge in [0.1, 0.15) is 6.42 Å². The lowest BCUT2D eigenvalue weighted by atomic mass is 10.1. The SMILES string of the molecule is CO[CH+]Cc1ccccc1C(=O)O. The normalized spacial score (nSPS) is 9.62. The standard InChI is InChI=1S/C10H10O3/c1-13-7-6-8-4-2-3-5-9(8)10(11)12/h2-5,7H,6H2,1H3/p+1. The Morgan fingerprint density at radius 3 is 2.85 bits per heavy atom. The van der Waals surface area contributed by atoms with Crippen LogP contribution in [-0.2, 0) is 11.2 Å². The summed E-state index contributed by atoms with van der Waals surface area (Å²) >= 11 is 0. The lowest BCUT2D eigenvalue weighted by Gasteiger charge is -1.99. The van der Waals surface area contributed by atoms with Crippen LogP contribution in [0.4, 0.5) is 0 Å². The van der Waals surface area contributed by atoms with Crippen molar-refractivity contribution in [1.29, 1.82) is 0 Å². The monoisotopic (exact) mass is 179 g/mol. The molecule has 0 heterocycles. The molecule has 0 aliphatic carbocycles. The number of aromatic carboxylic acids is 1. The molecule has 3 nitrogen and oxygen atoms in total. The van der Waals surface area contributed by atoms with E-state index in [9.17, 15) is 4.79 Å². The molecule has 0 aliphatic heterocycles. The molecule has 0 atom stereocenters. The van der Waals surface area contributed by atoms with E-state index in [4.69, 9.17) is 9.84 Å². The fraction of sp³-hybridized carbons (Fsp3) is 0.200. The van der Waals surface area contributed by atoms with E-state index in [-0.39, 0.29) is 0 Å². The molecule has 0 unspecified atom stereocenters. The summed E-state index contributed by atoms with van der Waals surface area (Å²) in [6.45, 7) is 1.57. The van der Waals surface area contributed by atoms with E-state index in [0.717, 1.165) is 5.56 Å². The van der Waals surface area contributed by atoms with Crippen LogP contribution in [0.15, 0.2) is 24.3 Å². The fourth-order valence-corrected chi connectivity index (χ4v) is 1.08. The summed E-state index contributed by atoms with van der Waals surface area (Å²) in [6, 6.07) is 6.88. The van der Waals surface area contributed by atoms with Gasteiger partial charge in [0.2, 0.25) is 6.61 Å². The van der Waals surface area contributed by atoms with Gasteiger partial charge in [0.15, 0.2) is 0 Å². The van der Waals surface area contributed by atoms with Crippen molar-refractivity contribution in [1.82, 2.24) is 0 Å². The molecule has 1 N–H and O–H groups in total. The van der Waals surface area contributed by atoms with E-state index in [1.54, 1.807) is 31.9 Å². The highest BCUT2D eigenvalue weighted by molar-refractivity contribution is 5.89. The largest absolute Gasteiger partial charge is 0.478 e. The molecule has 0 aliphatic rings. The molecule has 1 rings (SSSR count). The van der Waals surface area contributed by atoms with Crippen molar-refractivity contribution in [3.05, 3.63) is 42.0 Å². The van der Waals surface area contributed by atoms with Crippen LogP contribution in [0.5, 0.6) is 0 Å². The number of carboxylic acid groups (broad SMARTS) is 1. The summed E-state index contributed by atoms with van der Waals surface area (Å²) in [5.74, 6) is -0.903. The highest BCUT2D eigenvalue weighted by Crippen LogP contribution is 2.10. The van der Waals surface area contributed by atoms with Crippen molar-refractivity contribution in [2.45, 2.75) is 6.42 Å². The second kappa shape index (κ2) is 4.52. The minimum atomic E-state index is -0.903. The molecule has 1 aromatic carbocycles. The first kappa shape index (κ1) is 9.61. The molecule has 0 radical (unpaired) electrons. The molecular weight excluding hydrogens is 168 g/mol. The van der Waals surface area contributed by atoms with Crippen molar-refractivity contribution in [3.63, 3.8) is 0 Å². The summed E-state index contributed by atoms with van der Waals surface area (Å²) < 4.78 is 4.76. The molecule has 0 saturated heterocycles. The zero-order valence-electron chi connectivity index (χ0n) is 7.36. The molecule has 13 heavy (non-hydrogen) atoms. The number of carbonyl (C=O) groups is 1. The number of hydrogen-bond donors (Lipinski definition) is 1. The quantitative estimate of drug-likeness (QED) is 0.716. The zero-order valence-corrected chi connectivity index (χ0v) is 7.36. The molecule has 0 bridgehead atoms. The van der Waals surface area contributed by atoms with Gasteiger partial charge in [-0.2, -0.15) is 4.74 Å². The van der Waals surface area contributed by atoms with Crippen LogP contribution in [0.1, 0.15) is 15.9 Å². The summed E-state index contributed by atoms with van der Waals surface area (Å²) in [4.78, 5) is 10.7. The summed E-state index contributed by atoms with van der Waals surface area (Å²) in [7, 11) is 1.55. The summed E-state index contributed by atoms with van der Waals surface area (Å²) in [5, 5.41) is 8.81. The Bertz CT molecular complexity index is 294. The van der Waals surface area contributed by atoms with Crippen LogP contribution < -0.4 is 0 Å². The van der Waals surface area contributed by atoms with Crippen molar-refractivity contribution in [2.24, 2.45) is 0 Å². The molecule has 0 saturated carbocycles. The Morgan fingerprint density at radius 2 is 2.23 bits per heavy atom. The Kier molecular flexibility index (Phi) is 3.34. The van der Waals surface area contributed by atoms with Gasteiger partial charge in [-0.25, -0.2) is 4.79 Å². The molecule has 0 fully saturated rings. The number of benzene rings is 1. The molecule has 3 heteroatoms. The maximum absolute atomic E-state index is 10.7. The minimum Gasteiger partial charge on any atom is -0.478 e. The van der Waals surface area contributed by atoms with Gasteiger partial charge < -0.3 is 5.11 Å². The number of hydrogen-bond acceptors (Lipinski definition) is 2. The first-order valence-corrected chi connectivity index (χ1v) is 3.91. The molecule has 68 valence electrons. The fourth-order valence-electron chi connectivity index (χ4n) is 1.08. The molecule has 1 aromatic rings. The van der Waals surface area contributed by atoms with Crippen LogP contribution >= 0.6 is 0 Å². The Labute approximate surface area is 77.0 Å². The first-order valence-electron chi connectivity index (χ1n) is 3.91. The number of ether oxygens (including phenoxy) is 1. The third kappa shape index (κ3) is 2.49. The van der Waals surface area contributed by atoms with Gasteiger partial charge in [-0.1, -0.05) is 18.2 Å². The second-order valence-electron chi connectivity index (χ2n) is 2.57. The van der Waals surface area contributed by atoms with E-state index in [1.807, 2.05) is 6.07 Å². The van der Waals surface area contributed by atoms with Gasteiger partial charge in [-0.05, 0) is 6.07 Å². The topological polar surface area (TPSA) is 46.5 Å². The average molecular weight is 179 g/mol. The van der Waals surface area contributed by atoms with E-state index in [0.29, 0.717) is 12.0 Å². The van der Waals surface area contributed by atoms with Gasteiger partial charge in [0.25, 0.3) is 0 Å². The van der Waals surface area contributed by atoms with Gasteiger partial charge >= 0.3 is 5.97 Å². The average Bonchev–Trinajstić information content (AvgIpc) is 2.15. The Balaban J connectivity index is 2.84. The van der Waals surface area contributed by atoms with E-state index in [1.165, 1.54) is 0 Å². The van der Waals surface area contributed by atoms with E-state index >= 15 is 0 Å². The zero-order chi connectivity index (χ0) is 9.68. The van der Waals surface area contributed by atoms with Gasteiger partial charge in [-0.3, -0.25) is 0 Å². The molecular formula is C10H11O3+. The van der Waals surface area contributed by atoms with Crippen LogP contribution in [0.2, 0.25) is 0 Å². The van der Waals surface area contributed by atoms with Crippen LogP contribution in [0.25, 0.3) is 0 Å². The smallest absolute Gasteiger partial charge is 0.336 e. The predicted octanol–water partition coefficient (Wildman–Crippen LogP) is 1.74. The number of carboxylic acids is 1. The summed E-state index contributed by atoms with van der Waals surface area (Å²) in [5.41, 5.74) is 1.09. The maximum atomic E-state index is 10.7. The number of methoxy groups -OCH3 is 1. The second-order valence-corrected chi connectivity index (χ2v) is 2.57. The van der Waals surface area contributed by atoms with E-state index in [2.05, 4.69) is 0 Å². The van der Waals surface area contributed by atoms with Crippen molar-refractivity contribution in [2.75, 3.05) is 7.11 Å². The van der Waals surface area contributed by atoms with Gasteiger partial charge in [0.05, 0.1) is 12.7 Å². The van der Waals surface area contributed by atoms with Crippen molar-refractivity contribution >= 4 is 5.97 Å². The van der Waals surface area contributed by atoms with Crippen LogP contribution in [-0.4, -0.2) is 18.2 Å². The number of rotatable bonds is 4. The van der Waals surface area contributed by atoms with Crippen molar-refractivity contribution in [3.8, 4) is 0 Å². The van der Waals surface area contributed by atoms with Gasteiger partial charge in [0, 0.05) is 5.56 Å². The minimum absolute atomic E-state index is 0.329. The van der Waals surface area contributed by atoms with Crippen LogP contribution in [0.3, 0.4) is 0 Å². The lowest BCUT2D eigenvalue weighted by molar-refractivity contribution is 0.0695. The van der Waals surface area contributed by atoms with Gasteiger partial charge in [-0.15, -0.1) is 0 Å². The molecule has 0 aromatic heterocycles. The Morgan fingerprint density at radius 1 is 1.54 bits per heavy atom. The first-order chi connectivity index (χ1) is 6.25. The van der Waals surface area contributed by atoms with Crippen LogP contribution in [0, 0.1) is 6.61 Å². The van der Waals surface area contributed by atoms with Crippen molar-refractivity contribution < 1.29 is 14.6 Å². The highest BCUT2D eigenvalue weighted by Gasteiger charge is 2.11. The predicted molar refractivity (Wildman–Crippen MR) is 48.4 cm³/mol. The van der Waals surface area contributed by atoms with E-state index < -0.39 is 5.97 Å². The molecule has 0 spiro atoms. The maximum Gasteiger partial charge on any atom is 0.336 e. The highest BCUT2D eigenvalue weighted by atomic mass is 16.5. The Hall–Kier alpha value is -1.48. The summed E-state index contributed by atoms with van der Waals surface area (Å²) in [6.07, 6.45) is 0.513.